The number of likely N-dealkylation sites (tertiary alicyclic amines) is 1. The van der Waals surface area contributed by atoms with Gasteiger partial charge in [-0.05, 0) is 83.6 Å². The van der Waals surface area contributed by atoms with E-state index < -0.39 is 0 Å². The van der Waals surface area contributed by atoms with Crippen molar-refractivity contribution in [2.45, 2.75) is 57.6 Å². The van der Waals surface area contributed by atoms with Crippen LogP contribution >= 0.6 is 12.4 Å². The standard InChI is InChI=1S/C22H35N3O2.ClH/c1-23-13-10-18-11-14-25(15-12-18)17-22(26)24-16-19-6-2-5-9-21(19)27-20-7-3-4-8-20;/h2,5-6,9,18,20,23H,3-4,7-8,10-17H2,1H3,(H,24,26);1H. The molecule has 2 fully saturated rings. The van der Waals surface area contributed by atoms with Crippen LogP contribution < -0.4 is 15.4 Å². The summed E-state index contributed by atoms with van der Waals surface area (Å²) < 4.78 is 6.17. The van der Waals surface area contributed by atoms with E-state index in [2.05, 4.69) is 21.6 Å². The average molecular weight is 410 g/mol. The zero-order valence-electron chi connectivity index (χ0n) is 17.1. The van der Waals surface area contributed by atoms with E-state index in [4.69, 9.17) is 4.74 Å². The molecular formula is C22H36ClN3O2. The molecule has 5 nitrogen and oxygen atoms in total. The minimum absolute atomic E-state index is 0. The van der Waals surface area contributed by atoms with Gasteiger partial charge in [-0.3, -0.25) is 9.69 Å². The molecule has 1 aromatic carbocycles. The number of hydrogen-bond donors (Lipinski definition) is 2. The lowest BCUT2D eigenvalue weighted by Gasteiger charge is -2.31. The first-order valence-electron chi connectivity index (χ1n) is 10.6. The van der Waals surface area contributed by atoms with E-state index in [1.165, 1.54) is 32.1 Å². The predicted octanol–water partition coefficient (Wildman–Crippen LogP) is 3.37. The fourth-order valence-electron chi connectivity index (χ4n) is 4.19. The van der Waals surface area contributed by atoms with E-state index in [-0.39, 0.29) is 18.3 Å². The van der Waals surface area contributed by atoms with Gasteiger partial charge in [-0.2, -0.15) is 0 Å². The maximum Gasteiger partial charge on any atom is 0.234 e. The minimum atomic E-state index is 0. The second-order valence-corrected chi connectivity index (χ2v) is 8.02. The number of nitrogens with zero attached hydrogens (tertiary/aromatic N) is 1. The third-order valence-electron chi connectivity index (χ3n) is 5.92. The number of ether oxygens (including phenoxy) is 1. The highest BCUT2D eigenvalue weighted by Crippen LogP contribution is 2.26. The molecule has 1 aliphatic heterocycles. The van der Waals surface area contributed by atoms with Gasteiger partial charge in [0.1, 0.15) is 5.75 Å². The molecule has 1 aliphatic carbocycles. The van der Waals surface area contributed by atoms with Gasteiger partial charge in [0.2, 0.25) is 5.91 Å². The first-order valence-corrected chi connectivity index (χ1v) is 10.6. The van der Waals surface area contributed by atoms with Gasteiger partial charge in [0.15, 0.2) is 0 Å². The van der Waals surface area contributed by atoms with Crippen molar-refractivity contribution < 1.29 is 9.53 Å². The number of carbonyl (C=O) groups excluding carboxylic acids is 1. The van der Waals surface area contributed by atoms with Crippen molar-refractivity contribution in [3.63, 3.8) is 0 Å². The summed E-state index contributed by atoms with van der Waals surface area (Å²) in [4.78, 5) is 14.7. The monoisotopic (exact) mass is 409 g/mol. The average Bonchev–Trinajstić information content (AvgIpc) is 3.20. The van der Waals surface area contributed by atoms with Crippen molar-refractivity contribution in [2.24, 2.45) is 5.92 Å². The Bertz CT molecular complexity index is 585. The Morgan fingerprint density at radius 1 is 1.14 bits per heavy atom. The maximum atomic E-state index is 12.4. The largest absolute Gasteiger partial charge is 0.490 e. The zero-order valence-corrected chi connectivity index (χ0v) is 17.9. The number of piperidine rings is 1. The highest BCUT2D eigenvalue weighted by molar-refractivity contribution is 5.85. The molecule has 28 heavy (non-hydrogen) atoms. The van der Waals surface area contributed by atoms with Crippen molar-refractivity contribution in [3.05, 3.63) is 29.8 Å². The number of hydrogen-bond acceptors (Lipinski definition) is 4. The van der Waals surface area contributed by atoms with Crippen LogP contribution in [0.2, 0.25) is 0 Å². The molecule has 1 amide bonds. The normalized spacial score (nSPS) is 18.6. The lowest BCUT2D eigenvalue weighted by Crippen LogP contribution is -2.41. The molecule has 1 aromatic rings. The van der Waals surface area contributed by atoms with Crippen LogP contribution in [-0.2, 0) is 11.3 Å². The van der Waals surface area contributed by atoms with E-state index in [1.807, 2.05) is 25.2 Å². The number of para-hydroxylation sites is 1. The van der Waals surface area contributed by atoms with Crippen molar-refractivity contribution in [1.82, 2.24) is 15.5 Å². The topological polar surface area (TPSA) is 53.6 Å². The molecule has 0 radical (unpaired) electrons. The lowest BCUT2D eigenvalue weighted by molar-refractivity contribution is -0.122. The smallest absolute Gasteiger partial charge is 0.234 e. The van der Waals surface area contributed by atoms with Gasteiger partial charge in [0, 0.05) is 12.1 Å². The van der Waals surface area contributed by atoms with Crippen molar-refractivity contribution in [2.75, 3.05) is 33.2 Å². The van der Waals surface area contributed by atoms with E-state index in [0.717, 1.165) is 49.7 Å². The second kappa shape index (κ2) is 12.3. The summed E-state index contributed by atoms with van der Waals surface area (Å²) in [6, 6.07) is 8.10. The Morgan fingerprint density at radius 2 is 1.86 bits per heavy atom. The van der Waals surface area contributed by atoms with E-state index >= 15 is 0 Å². The number of halogens is 1. The Hall–Kier alpha value is -1.30. The summed E-state index contributed by atoms with van der Waals surface area (Å²) in [5.41, 5.74) is 1.07. The van der Waals surface area contributed by atoms with Crippen LogP contribution in [0.3, 0.4) is 0 Å². The maximum absolute atomic E-state index is 12.4. The van der Waals surface area contributed by atoms with Crippen LogP contribution in [0.25, 0.3) is 0 Å². The highest BCUT2D eigenvalue weighted by atomic mass is 35.5. The fraction of sp³-hybridized carbons (Fsp3) is 0.682. The number of rotatable bonds is 9. The summed E-state index contributed by atoms with van der Waals surface area (Å²) in [7, 11) is 2.01. The number of benzene rings is 1. The second-order valence-electron chi connectivity index (χ2n) is 8.02. The van der Waals surface area contributed by atoms with E-state index in [1.54, 1.807) is 0 Å². The molecule has 1 saturated heterocycles. The summed E-state index contributed by atoms with van der Waals surface area (Å²) in [6.07, 6.45) is 8.79. The molecule has 0 atom stereocenters. The van der Waals surface area contributed by atoms with Gasteiger partial charge in [-0.25, -0.2) is 0 Å². The molecule has 0 aromatic heterocycles. The van der Waals surface area contributed by atoms with Gasteiger partial charge in [0.05, 0.1) is 12.6 Å². The summed E-state index contributed by atoms with van der Waals surface area (Å²) in [5, 5.41) is 6.32. The molecule has 2 aliphatic rings. The van der Waals surface area contributed by atoms with Gasteiger partial charge in [0.25, 0.3) is 0 Å². The van der Waals surface area contributed by atoms with Gasteiger partial charge in [-0.1, -0.05) is 18.2 Å². The van der Waals surface area contributed by atoms with Crippen LogP contribution in [0.4, 0.5) is 0 Å². The SMILES string of the molecule is CNCCC1CCN(CC(=O)NCc2ccccc2OC2CCCC2)CC1.Cl. The van der Waals surface area contributed by atoms with E-state index in [9.17, 15) is 4.79 Å². The van der Waals surface area contributed by atoms with Crippen LogP contribution in [0.1, 0.15) is 50.5 Å². The highest BCUT2D eigenvalue weighted by Gasteiger charge is 2.21. The van der Waals surface area contributed by atoms with Gasteiger partial charge in [-0.15, -0.1) is 12.4 Å². The first-order chi connectivity index (χ1) is 13.2. The molecule has 3 rings (SSSR count). The lowest BCUT2D eigenvalue weighted by atomic mass is 9.93. The van der Waals surface area contributed by atoms with Crippen molar-refractivity contribution in [3.8, 4) is 5.75 Å². The summed E-state index contributed by atoms with van der Waals surface area (Å²) in [6.45, 7) is 4.20. The van der Waals surface area contributed by atoms with Crippen molar-refractivity contribution in [1.29, 1.82) is 0 Å². The quantitative estimate of drug-likeness (QED) is 0.656. The molecule has 1 saturated carbocycles. The Kier molecular flexibility index (Phi) is 10.1. The first kappa shape index (κ1) is 23.0. The van der Waals surface area contributed by atoms with Gasteiger partial charge < -0.3 is 15.4 Å². The van der Waals surface area contributed by atoms with Gasteiger partial charge >= 0.3 is 0 Å². The number of nitrogens with one attached hydrogen (secondary N) is 2. The number of carbonyl (C=O) groups is 1. The van der Waals surface area contributed by atoms with Crippen LogP contribution in [0, 0.1) is 5.92 Å². The zero-order chi connectivity index (χ0) is 18.9. The molecule has 0 unspecified atom stereocenters. The molecule has 1 heterocycles. The minimum Gasteiger partial charge on any atom is -0.490 e. The molecular weight excluding hydrogens is 374 g/mol. The third-order valence-corrected chi connectivity index (χ3v) is 5.92. The molecule has 0 spiro atoms. The third kappa shape index (κ3) is 7.26. The Morgan fingerprint density at radius 3 is 2.57 bits per heavy atom. The molecule has 2 N–H and O–H groups in total. The van der Waals surface area contributed by atoms with Crippen LogP contribution in [0.15, 0.2) is 24.3 Å². The molecule has 6 heteroatoms. The van der Waals surface area contributed by atoms with Crippen LogP contribution in [-0.4, -0.2) is 50.1 Å². The fourth-order valence-corrected chi connectivity index (χ4v) is 4.19. The molecule has 0 bridgehead atoms. The Labute approximate surface area is 176 Å². The number of amides is 1. The summed E-state index contributed by atoms with van der Waals surface area (Å²) >= 11 is 0. The molecule has 158 valence electrons. The van der Waals surface area contributed by atoms with Crippen LogP contribution in [0.5, 0.6) is 5.75 Å². The summed E-state index contributed by atoms with van der Waals surface area (Å²) in [5.74, 6) is 1.84. The predicted molar refractivity (Wildman–Crippen MR) is 116 cm³/mol. The van der Waals surface area contributed by atoms with Crippen molar-refractivity contribution >= 4 is 18.3 Å². The Balaban J connectivity index is 0.00000280. The van der Waals surface area contributed by atoms with E-state index in [0.29, 0.717) is 19.2 Å².